The van der Waals surface area contributed by atoms with Crippen LogP contribution in [0.1, 0.15) is 33.7 Å². The lowest BCUT2D eigenvalue weighted by Gasteiger charge is -2.09. The van der Waals surface area contributed by atoms with Gasteiger partial charge >= 0.3 is 0 Å². The lowest BCUT2D eigenvalue weighted by molar-refractivity contribution is 0.0853. The Kier molecular flexibility index (Phi) is 4.90. The zero-order chi connectivity index (χ0) is 16.9. The Hall–Kier alpha value is -2.67. The second-order valence-corrected chi connectivity index (χ2v) is 5.70. The molecule has 1 aliphatic rings. The van der Waals surface area contributed by atoms with Gasteiger partial charge in [-0.15, -0.1) is 0 Å². The van der Waals surface area contributed by atoms with Gasteiger partial charge in [-0.05, 0) is 25.0 Å². The fourth-order valence-corrected chi connectivity index (χ4v) is 2.58. The molecule has 0 unspecified atom stereocenters. The average molecular weight is 328 g/mol. The molecule has 0 saturated carbocycles. The second kappa shape index (κ2) is 7.27. The molecule has 2 heterocycles. The average Bonchev–Trinajstić information content (AvgIpc) is 3.24. The standard InChI is InChI=1S/C17H20N4O3/c1-21-15(19-16(22)12-6-3-2-4-7-12)10-14(20-21)17(23)18-11-13-8-5-9-24-13/h2-4,6-7,10,13H,5,8-9,11H2,1H3,(H,18,23)(H,19,22)/t13-/m1/s1. The van der Waals surface area contributed by atoms with E-state index < -0.39 is 0 Å². The first-order chi connectivity index (χ1) is 11.6. The van der Waals surface area contributed by atoms with E-state index >= 15 is 0 Å². The molecule has 1 aromatic carbocycles. The molecule has 1 saturated heterocycles. The number of aromatic nitrogens is 2. The lowest BCUT2D eigenvalue weighted by atomic mass is 10.2. The summed E-state index contributed by atoms with van der Waals surface area (Å²) in [6.45, 7) is 1.22. The third-order valence-corrected chi connectivity index (χ3v) is 3.90. The third kappa shape index (κ3) is 3.80. The normalized spacial score (nSPS) is 16.8. The predicted molar refractivity (Wildman–Crippen MR) is 88.9 cm³/mol. The van der Waals surface area contributed by atoms with Crippen LogP contribution in [0.5, 0.6) is 0 Å². The highest BCUT2D eigenvalue weighted by Crippen LogP contribution is 2.13. The molecule has 0 aliphatic carbocycles. The molecule has 126 valence electrons. The molecule has 0 radical (unpaired) electrons. The summed E-state index contributed by atoms with van der Waals surface area (Å²) in [5.41, 5.74) is 0.807. The maximum absolute atomic E-state index is 12.2. The SMILES string of the molecule is Cn1nc(C(=O)NC[C@H]2CCCO2)cc1NC(=O)c1ccccc1. The van der Waals surface area contributed by atoms with E-state index in [1.165, 1.54) is 4.68 Å². The van der Waals surface area contributed by atoms with Gasteiger partial charge in [-0.3, -0.25) is 14.3 Å². The highest BCUT2D eigenvalue weighted by atomic mass is 16.5. The summed E-state index contributed by atoms with van der Waals surface area (Å²) in [6, 6.07) is 10.4. The molecule has 1 fully saturated rings. The van der Waals surface area contributed by atoms with E-state index in [-0.39, 0.29) is 23.6 Å². The summed E-state index contributed by atoms with van der Waals surface area (Å²) >= 11 is 0. The number of anilines is 1. The number of ether oxygens (including phenoxy) is 1. The number of hydrogen-bond acceptors (Lipinski definition) is 4. The van der Waals surface area contributed by atoms with Crippen LogP contribution in [0.15, 0.2) is 36.4 Å². The summed E-state index contributed by atoms with van der Waals surface area (Å²) in [7, 11) is 1.68. The van der Waals surface area contributed by atoms with Crippen molar-refractivity contribution < 1.29 is 14.3 Å². The summed E-state index contributed by atoms with van der Waals surface area (Å²) in [4.78, 5) is 24.3. The van der Waals surface area contributed by atoms with Gasteiger partial charge in [0.2, 0.25) is 0 Å². The highest BCUT2D eigenvalue weighted by molar-refractivity contribution is 6.04. The van der Waals surface area contributed by atoms with E-state index in [4.69, 9.17) is 4.74 Å². The van der Waals surface area contributed by atoms with Crippen LogP contribution in [0.4, 0.5) is 5.82 Å². The van der Waals surface area contributed by atoms with Gasteiger partial charge in [-0.1, -0.05) is 18.2 Å². The van der Waals surface area contributed by atoms with Crippen LogP contribution < -0.4 is 10.6 Å². The Balaban J connectivity index is 1.61. The Bertz CT molecular complexity index is 721. The topological polar surface area (TPSA) is 85.2 Å². The van der Waals surface area contributed by atoms with Gasteiger partial charge in [0, 0.05) is 31.8 Å². The van der Waals surface area contributed by atoms with Crippen molar-refractivity contribution in [2.24, 2.45) is 7.05 Å². The number of carbonyl (C=O) groups excluding carboxylic acids is 2. The quantitative estimate of drug-likeness (QED) is 0.873. The maximum Gasteiger partial charge on any atom is 0.271 e. The predicted octanol–water partition coefficient (Wildman–Crippen LogP) is 1.58. The van der Waals surface area contributed by atoms with Crippen molar-refractivity contribution >= 4 is 17.6 Å². The number of nitrogens with zero attached hydrogens (tertiary/aromatic N) is 2. The zero-order valence-corrected chi connectivity index (χ0v) is 13.5. The Labute approximate surface area is 140 Å². The second-order valence-electron chi connectivity index (χ2n) is 5.70. The van der Waals surface area contributed by atoms with Crippen molar-refractivity contribution in [3.63, 3.8) is 0 Å². The van der Waals surface area contributed by atoms with Crippen LogP contribution in [0.3, 0.4) is 0 Å². The first-order valence-corrected chi connectivity index (χ1v) is 7.94. The monoisotopic (exact) mass is 328 g/mol. The van der Waals surface area contributed by atoms with Gasteiger partial charge in [0.15, 0.2) is 5.69 Å². The van der Waals surface area contributed by atoms with Crippen molar-refractivity contribution in [3.05, 3.63) is 47.7 Å². The van der Waals surface area contributed by atoms with Gasteiger partial charge in [0.25, 0.3) is 11.8 Å². The Morgan fingerprint density at radius 3 is 2.79 bits per heavy atom. The number of rotatable bonds is 5. The third-order valence-electron chi connectivity index (χ3n) is 3.90. The van der Waals surface area contributed by atoms with Crippen molar-refractivity contribution in [3.8, 4) is 0 Å². The molecular formula is C17H20N4O3. The smallest absolute Gasteiger partial charge is 0.271 e. The number of aryl methyl sites for hydroxylation is 1. The lowest BCUT2D eigenvalue weighted by Crippen LogP contribution is -2.32. The van der Waals surface area contributed by atoms with Gasteiger partial charge in [-0.25, -0.2) is 0 Å². The van der Waals surface area contributed by atoms with Crippen LogP contribution in [-0.4, -0.2) is 40.9 Å². The molecule has 7 nitrogen and oxygen atoms in total. The van der Waals surface area contributed by atoms with Gasteiger partial charge < -0.3 is 15.4 Å². The van der Waals surface area contributed by atoms with Crippen LogP contribution in [0.25, 0.3) is 0 Å². The zero-order valence-electron chi connectivity index (χ0n) is 13.5. The van der Waals surface area contributed by atoms with Crippen LogP contribution in [-0.2, 0) is 11.8 Å². The highest BCUT2D eigenvalue weighted by Gasteiger charge is 2.19. The summed E-state index contributed by atoms with van der Waals surface area (Å²) in [5, 5.41) is 9.72. The van der Waals surface area contributed by atoms with E-state index in [0.29, 0.717) is 17.9 Å². The molecule has 1 atom stereocenters. The number of hydrogen-bond donors (Lipinski definition) is 2. The molecule has 2 amide bonds. The minimum absolute atomic E-state index is 0.0786. The van der Waals surface area contributed by atoms with E-state index in [1.807, 2.05) is 6.07 Å². The molecular weight excluding hydrogens is 308 g/mol. The molecule has 2 N–H and O–H groups in total. The largest absolute Gasteiger partial charge is 0.376 e. The van der Waals surface area contributed by atoms with Crippen molar-refractivity contribution in [2.45, 2.75) is 18.9 Å². The van der Waals surface area contributed by atoms with E-state index in [9.17, 15) is 9.59 Å². The minimum Gasteiger partial charge on any atom is -0.376 e. The fourth-order valence-electron chi connectivity index (χ4n) is 2.58. The number of nitrogens with one attached hydrogen (secondary N) is 2. The molecule has 7 heteroatoms. The number of carbonyl (C=O) groups is 2. The van der Waals surface area contributed by atoms with Crippen molar-refractivity contribution in [1.82, 2.24) is 15.1 Å². The molecule has 1 aromatic heterocycles. The van der Waals surface area contributed by atoms with E-state index in [0.717, 1.165) is 19.4 Å². The first-order valence-electron chi connectivity index (χ1n) is 7.94. The van der Waals surface area contributed by atoms with E-state index in [1.54, 1.807) is 37.4 Å². The molecule has 0 spiro atoms. The van der Waals surface area contributed by atoms with Gasteiger partial charge in [0.1, 0.15) is 5.82 Å². The molecule has 24 heavy (non-hydrogen) atoms. The van der Waals surface area contributed by atoms with Crippen LogP contribution in [0.2, 0.25) is 0 Å². The molecule has 3 rings (SSSR count). The summed E-state index contributed by atoms with van der Waals surface area (Å²) in [6.07, 6.45) is 2.07. The van der Waals surface area contributed by atoms with Crippen LogP contribution >= 0.6 is 0 Å². The van der Waals surface area contributed by atoms with Gasteiger partial charge in [-0.2, -0.15) is 5.10 Å². The molecule has 1 aliphatic heterocycles. The van der Waals surface area contributed by atoms with Crippen molar-refractivity contribution in [1.29, 1.82) is 0 Å². The Morgan fingerprint density at radius 1 is 1.29 bits per heavy atom. The summed E-state index contributed by atoms with van der Waals surface area (Å²) in [5.74, 6) is -0.0580. The van der Waals surface area contributed by atoms with Crippen LogP contribution in [0, 0.1) is 0 Å². The molecule has 2 aromatic rings. The Morgan fingerprint density at radius 2 is 2.08 bits per heavy atom. The fraction of sp³-hybridized carbons (Fsp3) is 0.353. The van der Waals surface area contributed by atoms with Gasteiger partial charge in [0.05, 0.1) is 6.10 Å². The first kappa shape index (κ1) is 16.2. The number of amides is 2. The van der Waals surface area contributed by atoms with E-state index in [2.05, 4.69) is 15.7 Å². The minimum atomic E-state index is -0.277. The summed E-state index contributed by atoms with van der Waals surface area (Å²) < 4.78 is 6.95. The molecule has 0 bridgehead atoms. The maximum atomic E-state index is 12.2. The van der Waals surface area contributed by atoms with Crippen molar-refractivity contribution in [2.75, 3.05) is 18.5 Å². The number of benzene rings is 1.